The predicted octanol–water partition coefficient (Wildman–Crippen LogP) is 1.83. The van der Waals surface area contributed by atoms with E-state index in [1.807, 2.05) is 27.7 Å². The Morgan fingerprint density at radius 2 is 1.46 bits per heavy atom. The minimum absolute atomic E-state index is 0. The summed E-state index contributed by atoms with van der Waals surface area (Å²) in [7, 11) is 0. The number of amides is 1. The summed E-state index contributed by atoms with van der Waals surface area (Å²) < 4.78 is -0.699. The van der Waals surface area contributed by atoms with E-state index in [-0.39, 0.29) is 21.7 Å². The third kappa shape index (κ3) is 7.12. The second-order valence-corrected chi connectivity index (χ2v) is 4.21. The summed E-state index contributed by atoms with van der Waals surface area (Å²) in [5, 5.41) is 11.7. The van der Waals surface area contributed by atoms with Crippen molar-refractivity contribution in [3.05, 3.63) is 5.21 Å². The molecule has 0 spiro atoms. The normalized spacial score (nSPS) is 11.6. The van der Waals surface area contributed by atoms with E-state index in [0.717, 1.165) is 0 Å². The van der Waals surface area contributed by atoms with Crippen molar-refractivity contribution >= 4 is 16.3 Å². The van der Waals surface area contributed by atoms with Gasteiger partial charge in [0.05, 0.1) is 13.1 Å². The van der Waals surface area contributed by atoms with E-state index in [9.17, 15) is 10.0 Å². The van der Waals surface area contributed by atoms with Crippen molar-refractivity contribution in [3.8, 4) is 0 Å². The summed E-state index contributed by atoms with van der Waals surface area (Å²) in [5.74, 6) is 0.540. The van der Waals surface area contributed by atoms with Gasteiger partial charge < -0.3 is 9.85 Å². The molecular weight excluding hydrogens is 185 g/mol. The molecule has 13 heavy (non-hydrogen) atoms. The number of carbonyl (C=O) groups excluding carboxylic acids is 1. The highest BCUT2D eigenvalue weighted by molar-refractivity contribution is 6.92. The van der Waals surface area contributed by atoms with Crippen LogP contribution < -0.4 is 0 Å². The molecule has 0 aliphatic heterocycles. The zero-order valence-corrected chi connectivity index (χ0v) is 10.5. The van der Waals surface area contributed by atoms with Gasteiger partial charge in [-0.05, 0) is 0 Å². The number of hydrogen-bond acceptors (Lipinski definition) is 2. The van der Waals surface area contributed by atoms with Gasteiger partial charge in [-0.15, -0.1) is 0 Å². The van der Waals surface area contributed by atoms with E-state index in [2.05, 4.69) is 0 Å². The molecule has 1 amide bonds. The SMILES string of the molecule is CC(C)C[N+]([O-])(C=O)CC(C)C.P. The van der Waals surface area contributed by atoms with Gasteiger partial charge in [-0.2, -0.15) is 9.90 Å². The lowest BCUT2D eigenvalue weighted by atomic mass is 10.1. The molecule has 0 heterocycles. The van der Waals surface area contributed by atoms with E-state index >= 15 is 0 Å². The Kier molecular flexibility index (Phi) is 7.71. The molecule has 0 N–H and O–H groups in total. The molecule has 0 aromatic heterocycles. The molecule has 1 atom stereocenters. The van der Waals surface area contributed by atoms with Gasteiger partial charge in [-0.1, -0.05) is 27.7 Å². The lowest BCUT2D eigenvalue weighted by molar-refractivity contribution is -0.801. The predicted molar refractivity (Wildman–Crippen MR) is 60.2 cm³/mol. The Hall–Kier alpha value is 0.0200. The van der Waals surface area contributed by atoms with E-state index in [1.165, 1.54) is 0 Å². The standard InChI is InChI=1S/C9H19NO2.H3P/c1-8(2)5-10(12,7-11)6-9(3)4;/h7-9H,5-6H2,1-4H3;1H3. The molecule has 0 radical (unpaired) electrons. The van der Waals surface area contributed by atoms with Crippen LogP contribution in [0.15, 0.2) is 0 Å². The summed E-state index contributed by atoms with van der Waals surface area (Å²) in [6, 6.07) is 0. The Bertz CT molecular complexity index is 139. The Morgan fingerprint density at radius 1 is 1.15 bits per heavy atom. The molecule has 0 aromatic rings. The molecule has 0 aromatic carbocycles. The van der Waals surface area contributed by atoms with Crippen LogP contribution in [0.1, 0.15) is 27.7 Å². The quantitative estimate of drug-likeness (QED) is 0.298. The van der Waals surface area contributed by atoms with E-state index in [0.29, 0.717) is 19.5 Å². The topological polar surface area (TPSA) is 40.1 Å². The number of quaternary nitrogens is 1. The van der Waals surface area contributed by atoms with Crippen LogP contribution in [0.3, 0.4) is 0 Å². The summed E-state index contributed by atoms with van der Waals surface area (Å²) in [5.41, 5.74) is 0. The molecular formula is C9H22NO2P. The van der Waals surface area contributed by atoms with Crippen molar-refractivity contribution in [2.24, 2.45) is 11.8 Å². The second-order valence-electron chi connectivity index (χ2n) is 4.21. The van der Waals surface area contributed by atoms with E-state index in [1.54, 1.807) is 0 Å². The first kappa shape index (κ1) is 15.5. The highest BCUT2D eigenvalue weighted by Crippen LogP contribution is 2.10. The molecule has 4 heteroatoms. The van der Waals surface area contributed by atoms with E-state index < -0.39 is 4.65 Å². The first-order chi connectivity index (χ1) is 5.39. The van der Waals surface area contributed by atoms with E-state index in [4.69, 9.17) is 0 Å². The van der Waals surface area contributed by atoms with Crippen LogP contribution in [0.5, 0.6) is 0 Å². The Labute approximate surface area is 84.3 Å². The number of nitrogens with zero attached hydrogens (tertiary/aromatic N) is 1. The third-order valence-corrected chi connectivity index (χ3v) is 1.54. The lowest BCUT2D eigenvalue weighted by Crippen LogP contribution is -2.45. The van der Waals surface area contributed by atoms with Crippen LogP contribution in [0.4, 0.5) is 0 Å². The third-order valence-electron chi connectivity index (χ3n) is 1.54. The average molecular weight is 207 g/mol. The summed E-state index contributed by atoms with van der Waals surface area (Å²) in [4.78, 5) is 10.6. The minimum Gasteiger partial charge on any atom is -0.625 e. The van der Waals surface area contributed by atoms with Gasteiger partial charge in [0.2, 0.25) is 0 Å². The van der Waals surface area contributed by atoms with Crippen LogP contribution in [-0.4, -0.2) is 24.1 Å². The van der Waals surface area contributed by atoms with Crippen LogP contribution >= 0.6 is 9.90 Å². The van der Waals surface area contributed by atoms with Gasteiger partial charge in [0, 0.05) is 11.8 Å². The maximum Gasteiger partial charge on any atom is 0.301 e. The molecule has 0 bridgehead atoms. The second kappa shape index (κ2) is 6.47. The molecule has 0 aliphatic rings. The lowest BCUT2D eigenvalue weighted by Gasteiger charge is -2.38. The van der Waals surface area contributed by atoms with Crippen molar-refractivity contribution in [1.29, 1.82) is 0 Å². The Morgan fingerprint density at radius 3 is 1.62 bits per heavy atom. The smallest absolute Gasteiger partial charge is 0.301 e. The van der Waals surface area contributed by atoms with Gasteiger partial charge in [-0.25, -0.2) is 4.79 Å². The van der Waals surface area contributed by atoms with Gasteiger partial charge in [0.1, 0.15) is 0 Å². The number of hydroxylamine groups is 3. The largest absolute Gasteiger partial charge is 0.625 e. The number of carbonyl (C=O) groups is 1. The zero-order valence-electron chi connectivity index (χ0n) is 9.12. The van der Waals surface area contributed by atoms with Crippen LogP contribution in [0, 0.1) is 17.0 Å². The van der Waals surface area contributed by atoms with Crippen LogP contribution in [0.2, 0.25) is 0 Å². The fourth-order valence-electron chi connectivity index (χ4n) is 1.40. The zero-order chi connectivity index (χ0) is 9.78. The fourth-order valence-corrected chi connectivity index (χ4v) is 1.40. The Balaban J connectivity index is 0. The molecule has 1 unspecified atom stereocenters. The van der Waals surface area contributed by atoms with Gasteiger partial charge >= 0.3 is 6.41 Å². The van der Waals surface area contributed by atoms with Crippen molar-refractivity contribution in [1.82, 2.24) is 0 Å². The van der Waals surface area contributed by atoms with Crippen molar-refractivity contribution in [2.75, 3.05) is 13.1 Å². The van der Waals surface area contributed by atoms with Gasteiger partial charge in [0.15, 0.2) is 0 Å². The van der Waals surface area contributed by atoms with Crippen LogP contribution in [-0.2, 0) is 4.79 Å². The molecule has 80 valence electrons. The first-order valence-electron chi connectivity index (χ1n) is 4.43. The highest BCUT2D eigenvalue weighted by Gasteiger charge is 2.19. The summed E-state index contributed by atoms with van der Waals surface area (Å²) >= 11 is 0. The van der Waals surface area contributed by atoms with Crippen molar-refractivity contribution < 1.29 is 9.44 Å². The molecule has 0 aliphatic carbocycles. The fraction of sp³-hybridized carbons (Fsp3) is 0.889. The van der Waals surface area contributed by atoms with Crippen molar-refractivity contribution in [2.45, 2.75) is 27.7 Å². The number of hydrogen-bond donors (Lipinski definition) is 0. The monoisotopic (exact) mass is 207 g/mol. The minimum atomic E-state index is -0.699. The number of rotatable bonds is 5. The van der Waals surface area contributed by atoms with Crippen molar-refractivity contribution in [3.63, 3.8) is 0 Å². The van der Waals surface area contributed by atoms with Crippen LogP contribution in [0.25, 0.3) is 0 Å². The first-order valence-corrected chi connectivity index (χ1v) is 4.43. The average Bonchev–Trinajstić information content (AvgIpc) is 1.83. The molecule has 3 nitrogen and oxygen atoms in total. The maximum absolute atomic E-state index is 11.7. The highest BCUT2D eigenvalue weighted by atomic mass is 31.0. The summed E-state index contributed by atoms with van der Waals surface area (Å²) in [6.45, 7) is 8.59. The molecule has 0 rings (SSSR count). The molecule has 0 fully saturated rings. The summed E-state index contributed by atoms with van der Waals surface area (Å²) in [6.07, 6.45) is 0.514. The molecule has 0 saturated heterocycles. The van der Waals surface area contributed by atoms with Gasteiger partial charge in [-0.3, -0.25) is 0 Å². The molecule has 0 saturated carbocycles. The maximum atomic E-state index is 11.7. The van der Waals surface area contributed by atoms with Gasteiger partial charge in [0.25, 0.3) is 0 Å².